The molecule has 2 saturated heterocycles. The lowest BCUT2D eigenvalue weighted by Gasteiger charge is -2.32. The Hall–Kier alpha value is -0.910. The predicted molar refractivity (Wildman–Crippen MR) is 76.6 cm³/mol. The van der Waals surface area contributed by atoms with Crippen molar-refractivity contribution in [3.8, 4) is 0 Å². The molecule has 3 heterocycles. The summed E-state index contributed by atoms with van der Waals surface area (Å²) >= 11 is 0. The van der Waals surface area contributed by atoms with Gasteiger partial charge in [-0.3, -0.25) is 4.68 Å². The molecule has 3 rings (SSSR count). The third-order valence-electron chi connectivity index (χ3n) is 4.35. The zero-order valence-electron chi connectivity index (χ0n) is 12.5. The molecule has 1 unspecified atom stereocenters. The fourth-order valence-electron chi connectivity index (χ4n) is 3.09. The summed E-state index contributed by atoms with van der Waals surface area (Å²) in [5.74, 6) is 0. The Morgan fingerprint density at radius 3 is 3.00 bits per heavy atom. The van der Waals surface area contributed by atoms with Crippen molar-refractivity contribution >= 4 is 0 Å². The number of rotatable bonds is 4. The van der Waals surface area contributed by atoms with Gasteiger partial charge in [0.15, 0.2) is 0 Å². The first-order chi connectivity index (χ1) is 9.67. The van der Waals surface area contributed by atoms with E-state index in [0.717, 1.165) is 44.7 Å². The summed E-state index contributed by atoms with van der Waals surface area (Å²) in [5.41, 5.74) is 1.08. The Bertz CT molecular complexity index is 438. The van der Waals surface area contributed by atoms with Crippen molar-refractivity contribution in [3.05, 3.63) is 18.0 Å². The third-order valence-corrected chi connectivity index (χ3v) is 4.35. The minimum atomic E-state index is 0.0766. The molecule has 2 aliphatic rings. The van der Waals surface area contributed by atoms with Gasteiger partial charge in [-0.25, -0.2) is 0 Å². The average Bonchev–Trinajstić information content (AvgIpc) is 3.05. The van der Waals surface area contributed by atoms with E-state index in [2.05, 4.69) is 24.3 Å². The van der Waals surface area contributed by atoms with Gasteiger partial charge in [-0.05, 0) is 45.8 Å². The monoisotopic (exact) mass is 279 g/mol. The van der Waals surface area contributed by atoms with Gasteiger partial charge in [-0.1, -0.05) is 0 Å². The van der Waals surface area contributed by atoms with Gasteiger partial charge in [-0.2, -0.15) is 5.10 Å². The van der Waals surface area contributed by atoms with E-state index in [1.165, 1.54) is 0 Å². The largest absolute Gasteiger partial charge is 0.372 e. The van der Waals surface area contributed by atoms with Crippen LogP contribution in [0.3, 0.4) is 0 Å². The lowest BCUT2D eigenvalue weighted by molar-refractivity contribution is -0.0242. The zero-order valence-corrected chi connectivity index (χ0v) is 12.5. The van der Waals surface area contributed by atoms with Crippen LogP contribution >= 0.6 is 0 Å². The summed E-state index contributed by atoms with van der Waals surface area (Å²) in [6.07, 6.45) is 5.48. The molecule has 0 aromatic carbocycles. The van der Waals surface area contributed by atoms with Crippen LogP contribution in [0.5, 0.6) is 0 Å². The van der Waals surface area contributed by atoms with Crippen molar-refractivity contribution < 1.29 is 9.47 Å². The molecule has 112 valence electrons. The molecule has 1 spiro atoms. The molecular formula is C15H25N3O2. The van der Waals surface area contributed by atoms with Gasteiger partial charge in [0.25, 0.3) is 0 Å². The van der Waals surface area contributed by atoms with E-state index in [1.54, 1.807) is 0 Å². The second kappa shape index (κ2) is 5.84. The quantitative estimate of drug-likeness (QED) is 0.914. The van der Waals surface area contributed by atoms with Gasteiger partial charge in [0.1, 0.15) is 0 Å². The van der Waals surface area contributed by atoms with Crippen molar-refractivity contribution in [2.45, 2.75) is 57.5 Å². The highest BCUT2D eigenvalue weighted by Gasteiger charge is 2.41. The first-order valence-electron chi connectivity index (χ1n) is 7.67. The van der Waals surface area contributed by atoms with Crippen molar-refractivity contribution in [2.24, 2.45) is 0 Å². The molecule has 1 N–H and O–H groups in total. The van der Waals surface area contributed by atoms with Gasteiger partial charge >= 0.3 is 0 Å². The van der Waals surface area contributed by atoms with Crippen molar-refractivity contribution in [3.63, 3.8) is 0 Å². The average molecular weight is 279 g/mol. The third kappa shape index (κ3) is 3.05. The van der Waals surface area contributed by atoms with Crippen LogP contribution in [0, 0.1) is 0 Å². The number of hydrogen-bond acceptors (Lipinski definition) is 4. The summed E-state index contributed by atoms with van der Waals surface area (Å²) in [4.78, 5) is 0. The lowest BCUT2D eigenvalue weighted by Crippen LogP contribution is -2.41. The van der Waals surface area contributed by atoms with Gasteiger partial charge in [0.05, 0.1) is 30.6 Å². The molecule has 0 bridgehead atoms. The first kappa shape index (κ1) is 14.0. The fraction of sp³-hybridized carbons (Fsp3) is 0.800. The maximum atomic E-state index is 6.04. The smallest absolute Gasteiger partial charge is 0.0911 e. The number of aromatic nitrogens is 2. The zero-order chi connectivity index (χ0) is 14.0. The molecule has 20 heavy (non-hydrogen) atoms. The van der Waals surface area contributed by atoms with E-state index in [1.807, 2.05) is 16.9 Å². The number of nitrogens with zero attached hydrogens (tertiary/aromatic N) is 2. The molecule has 1 aromatic rings. The molecule has 5 nitrogen and oxygen atoms in total. The second-order valence-corrected chi connectivity index (χ2v) is 6.26. The Balaban J connectivity index is 1.49. The van der Waals surface area contributed by atoms with Gasteiger partial charge in [-0.15, -0.1) is 0 Å². The van der Waals surface area contributed by atoms with Crippen LogP contribution in [0.25, 0.3) is 0 Å². The number of piperidine rings is 1. The lowest BCUT2D eigenvalue weighted by atomic mass is 9.89. The summed E-state index contributed by atoms with van der Waals surface area (Å²) in [7, 11) is 0. The van der Waals surface area contributed by atoms with Crippen molar-refractivity contribution in [1.82, 2.24) is 15.1 Å². The number of hydrogen-bond donors (Lipinski definition) is 1. The second-order valence-electron chi connectivity index (χ2n) is 6.26. The van der Waals surface area contributed by atoms with Gasteiger partial charge < -0.3 is 14.8 Å². The highest BCUT2D eigenvalue weighted by Crippen LogP contribution is 2.35. The Kier molecular flexibility index (Phi) is 4.10. The normalized spacial score (nSPS) is 25.6. The summed E-state index contributed by atoms with van der Waals surface area (Å²) < 4.78 is 14.0. The van der Waals surface area contributed by atoms with Gasteiger partial charge in [0.2, 0.25) is 0 Å². The van der Waals surface area contributed by atoms with E-state index >= 15 is 0 Å². The highest BCUT2D eigenvalue weighted by molar-refractivity contribution is 4.99. The van der Waals surface area contributed by atoms with Gasteiger partial charge in [0, 0.05) is 18.7 Å². The van der Waals surface area contributed by atoms with Crippen LogP contribution in [0.2, 0.25) is 0 Å². The maximum absolute atomic E-state index is 6.04. The topological polar surface area (TPSA) is 48.3 Å². The molecule has 0 saturated carbocycles. The van der Waals surface area contributed by atoms with Crippen LogP contribution in [0.15, 0.2) is 12.3 Å². The Labute approximate surface area is 120 Å². The molecule has 0 aliphatic carbocycles. The minimum Gasteiger partial charge on any atom is -0.372 e. The van der Waals surface area contributed by atoms with E-state index in [0.29, 0.717) is 12.6 Å². The van der Waals surface area contributed by atoms with Crippen LogP contribution in [0.1, 0.15) is 44.8 Å². The van der Waals surface area contributed by atoms with E-state index in [4.69, 9.17) is 9.47 Å². The first-order valence-corrected chi connectivity index (χ1v) is 7.67. The maximum Gasteiger partial charge on any atom is 0.0911 e. The SMILES string of the molecule is CC(C)n1ccc(COC2COC3(CCNCC3)C2)n1. The molecule has 1 aromatic heterocycles. The molecule has 0 amide bonds. The molecule has 1 atom stereocenters. The molecule has 2 aliphatic heterocycles. The number of ether oxygens (including phenoxy) is 2. The van der Waals surface area contributed by atoms with Crippen LogP contribution in [-0.2, 0) is 16.1 Å². The van der Waals surface area contributed by atoms with E-state index < -0.39 is 0 Å². The van der Waals surface area contributed by atoms with E-state index in [9.17, 15) is 0 Å². The Morgan fingerprint density at radius 2 is 2.30 bits per heavy atom. The summed E-state index contributed by atoms with van der Waals surface area (Å²) in [5, 5.41) is 7.90. The standard InChI is InChI=1S/C15H25N3O2/c1-12(2)18-8-3-13(17-18)10-19-14-9-15(20-11-14)4-6-16-7-5-15/h3,8,12,14,16H,4-7,9-11H2,1-2H3. The Morgan fingerprint density at radius 1 is 1.50 bits per heavy atom. The molecule has 5 heteroatoms. The van der Waals surface area contributed by atoms with Crippen LogP contribution < -0.4 is 5.32 Å². The summed E-state index contributed by atoms with van der Waals surface area (Å²) in [6, 6.07) is 2.44. The minimum absolute atomic E-state index is 0.0766. The van der Waals surface area contributed by atoms with Crippen molar-refractivity contribution in [2.75, 3.05) is 19.7 Å². The highest BCUT2D eigenvalue weighted by atomic mass is 16.6. The molecule has 0 radical (unpaired) electrons. The van der Waals surface area contributed by atoms with Crippen LogP contribution in [-0.4, -0.2) is 41.2 Å². The van der Waals surface area contributed by atoms with E-state index in [-0.39, 0.29) is 11.7 Å². The summed E-state index contributed by atoms with van der Waals surface area (Å²) in [6.45, 7) is 7.69. The van der Waals surface area contributed by atoms with Crippen molar-refractivity contribution in [1.29, 1.82) is 0 Å². The fourth-order valence-corrected chi connectivity index (χ4v) is 3.09. The predicted octanol–water partition coefficient (Wildman–Crippen LogP) is 1.89. The molecule has 2 fully saturated rings. The molecular weight excluding hydrogens is 254 g/mol. The number of nitrogens with one attached hydrogen (secondary N) is 1. The van der Waals surface area contributed by atoms with Crippen LogP contribution in [0.4, 0.5) is 0 Å².